The fraction of sp³-hybridized carbons (Fsp3) is 0.857. The number of carbonyl (C=O) groups is 2. The van der Waals surface area contributed by atoms with Crippen LogP contribution in [0.15, 0.2) is 0 Å². The van der Waals surface area contributed by atoms with Gasteiger partial charge >= 0.3 is 18.1 Å². The summed E-state index contributed by atoms with van der Waals surface area (Å²) in [7, 11) is 0. The third-order valence-electron chi connectivity index (χ3n) is 2.22. The predicted molar refractivity (Wildman–Crippen MR) is 72.8 cm³/mol. The molecule has 0 saturated carbocycles. The van der Waals surface area contributed by atoms with Crippen molar-refractivity contribution in [2.24, 2.45) is 5.92 Å². The first-order valence-corrected chi connectivity index (χ1v) is 6.83. The third kappa shape index (κ3) is 16.7. The first-order chi connectivity index (χ1) is 9.32. The van der Waals surface area contributed by atoms with Crippen LogP contribution in [0, 0.1) is 5.92 Å². The molecule has 0 saturated heterocycles. The molecule has 0 aromatic rings. The molecule has 0 aliphatic carbocycles. The Kier molecular flexibility index (Phi) is 10.1. The molecule has 0 spiro atoms. The molecule has 0 radical (unpaired) electrons. The van der Waals surface area contributed by atoms with Crippen molar-refractivity contribution in [1.82, 2.24) is 0 Å². The molecule has 0 aliphatic rings. The number of ether oxygens (including phenoxy) is 1. The Hall–Kier alpha value is -1.27. The highest BCUT2D eigenvalue weighted by atomic mass is 19.4. The number of alkyl halides is 3. The largest absolute Gasteiger partial charge is 0.481 e. The maximum absolute atomic E-state index is 11.4. The van der Waals surface area contributed by atoms with Crippen molar-refractivity contribution in [3.8, 4) is 0 Å². The number of halogens is 3. The molecular formula is C14H25F3O4. The SMILES string of the molecule is CCC(F)(F)F.CCCC(CC(=O)OC(C)(C)C)C(=O)O. The number of aliphatic carboxylic acids is 1. The standard InChI is InChI=1S/C11H20O4.C3H5F3/c1-5-6-8(10(13)14)7-9(12)15-11(2,3)4;1-2-3(4,5)6/h8H,5-7H2,1-4H3,(H,13,14);2H2,1H3. The molecule has 0 heterocycles. The normalized spacial score (nSPS) is 13.0. The number of hydrogen-bond donors (Lipinski definition) is 1. The van der Waals surface area contributed by atoms with Gasteiger partial charge in [0.15, 0.2) is 0 Å². The molecule has 0 aromatic heterocycles. The minimum Gasteiger partial charge on any atom is -0.481 e. The lowest BCUT2D eigenvalue weighted by Gasteiger charge is -2.20. The highest BCUT2D eigenvalue weighted by Gasteiger charge is 2.24. The van der Waals surface area contributed by atoms with Crippen molar-refractivity contribution in [2.75, 3.05) is 0 Å². The lowest BCUT2D eigenvalue weighted by Crippen LogP contribution is -2.27. The van der Waals surface area contributed by atoms with Crippen molar-refractivity contribution in [2.45, 2.75) is 72.1 Å². The van der Waals surface area contributed by atoms with Gasteiger partial charge in [-0.25, -0.2) is 0 Å². The van der Waals surface area contributed by atoms with E-state index in [1.54, 1.807) is 20.8 Å². The van der Waals surface area contributed by atoms with E-state index >= 15 is 0 Å². The summed E-state index contributed by atoms with van der Waals surface area (Å²) in [4.78, 5) is 22.1. The Morgan fingerprint density at radius 3 is 1.81 bits per heavy atom. The molecule has 0 bridgehead atoms. The molecule has 1 atom stereocenters. The van der Waals surface area contributed by atoms with Crippen LogP contribution >= 0.6 is 0 Å². The quantitative estimate of drug-likeness (QED) is 0.773. The maximum atomic E-state index is 11.4. The van der Waals surface area contributed by atoms with E-state index in [-0.39, 0.29) is 6.42 Å². The fourth-order valence-corrected chi connectivity index (χ4v) is 1.25. The van der Waals surface area contributed by atoms with Crippen LogP contribution < -0.4 is 0 Å². The van der Waals surface area contributed by atoms with Gasteiger partial charge in [0.25, 0.3) is 0 Å². The van der Waals surface area contributed by atoms with Gasteiger partial charge in [-0.1, -0.05) is 20.3 Å². The summed E-state index contributed by atoms with van der Waals surface area (Å²) in [5, 5.41) is 8.84. The van der Waals surface area contributed by atoms with E-state index < -0.39 is 36.1 Å². The summed E-state index contributed by atoms with van der Waals surface area (Å²) in [5.41, 5.74) is -0.549. The molecule has 21 heavy (non-hydrogen) atoms. The molecule has 4 nitrogen and oxygen atoms in total. The van der Waals surface area contributed by atoms with E-state index in [0.717, 1.165) is 13.3 Å². The summed E-state index contributed by atoms with van der Waals surface area (Å²) in [6.45, 7) is 8.27. The summed E-state index contributed by atoms with van der Waals surface area (Å²) >= 11 is 0. The lowest BCUT2D eigenvalue weighted by atomic mass is 10.00. The molecule has 126 valence electrons. The van der Waals surface area contributed by atoms with Crippen molar-refractivity contribution >= 4 is 11.9 Å². The van der Waals surface area contributed by atoms with Gasteiger partial charge in [0, 0.05) is 6.42 Å². The molecule has 0 amide bonds. The molecule has 0 fully saturated rings. The highest BCUT2D eigenvalue weighted by molar-refractivity contribution is 5.78. The van der Waals surface area contributed by atoms with Gasteiger partial charge in [-0.2, -0.15) is 13.2 Å². The second kappa shape index (κ2) is 9.63. The van der Waals surface area contributed by atoms with E-state index in [4.69, 9.17) is 9.84 Å². The smallest absolute Gasteiger partial charge is 0.388 e. The van der Waals surface area contributed by atoms with Crippen molar-refractivity contribution in [1.29, 1.82) is 0 Å². The van der Waals surface area contributed by atoms with Gasteiger partial charge in [0.2, 0.25) is 0 Å². The highest BCUT2D eigenvalue weighted by Crippen LogP contribution is 2.17. The van der Waals surface area contributed by atoms with Gasteiger partial charge in [-0.15, -0.1) is 0 Å². The number of hydrogen-bond acceptors (Lipinski definition) is 3. The Bertz CT molecular complexity index is 319. The van der Waals surface area contributed by atoms with E-state index in [1.807, 2.05) is 6.92 Å². The first kappa shape index (κ1) is 22.0. The number of carbonyl (C=O) groups excluding carboxylic acids is 1. The van der Waals surface area contributed by atoms with Gasteiger partial charge in [-0.3, -0.25) is 9.59 Å². The Balaban J connectivity index is 0. The van der Waals surface area contributed by atoms with Crippen molar-refractivity contribution in [3.63, 3.8) is 0 Å². The van der Waals surface area contributed by atoms with Gasteiger partial charge in [0.1, 0.15) is 5.60 Å². The van der Waals surface area contributed by atoms with E-state index in [2.05, 4.69) is 0 Å². The fourth-order valence-electron chi connectivity index (χ4n) is 1.25. The topological polar surface area (TPSA) is 63.6 Å². The summed E-state index contributed by atoms with van der Waals surface area (Å²) < 4.78 is 37.4. The molecule has 1 unspecified atom stereocenters. The summed E-state index contributed by atoms with van der Waals surface area (Å²) in [6, 6.07) is 0. The van der Waals surface area contributed by atoms with Gasteiger partial charge in [-0.05, 0) is 27.2 Å². The van der Waals surface area contributed by atoms with Crippen LogP contribution in [0.3, 0.4) is 0 Å². The summed E-state index contributed by atoms with van der Waals surface area (Å²) in [6.07, 6.45) is -3.47. The van der Waals surface area contributed by atoms with Crippen LogP contribution in [0.5, 0.6) is 0 Å². The van der Waals surface area contributed by atoms with Crippen LogP contribution in [0.4, 0.5) is 13.2 Å². The Labute approximate surface area is 123 Å². The van der Waals surface area contributed by atoms with E-state index in [9.17, 15) is 22.8 Å². The Morgan fingerprint density at radius 2 is 1.57 bits per heavy atom. The zero-order valence-corrected chi connectivity index (χ0v) is 13.2. The molecule has 7 heteroatoms. The van der Waals surface area contributed by atoms with Crippen molar-refractivity contribution < 1.29 is 32.6 Å². The minimum atomic E-state index is -3.96. The average Bonchev–Trinajstić information content (AvgIpc) is 2.25. The number of esters is 1. The second-order valence-corrected chi connectivity index (χ2v) is 5.58. The molecule has 1 N–H and O–H groups in total. The molecular weight excluding hydrogens is 289 g/mol. The average molecular weight is 314 g/mol. The third-order valence-corrected chi connectivity index (χ3v) is 2.22. The molecule has 0 aliphatic heterocycles. The molecule has 0 rings (SSSR count). The number of carboxylic acids is 1. The summed E-state index contributed by atoms with van der Waals surface area (Å²) in [5.74, 6) is -1.99. The monoisotopic (exact) mass is 314 g/mol. The zero-order valence-electron chi connectivity index (χ0n) is 13.2. The maximum Gasteiger partial charge on any atom is 0.388 e. The van der Waals surface area contributed by atoms with Crippen LogP contribution in [-0.4, -0.2) is 28.8 Å². The first-order valence-electron chi connectivity index (χ1n) is 6.83. The zero-order chi connectivity index (χ0) is 17.3. The number of rotatable bonds is 5. The predicted octanol–water partition coefficient (Wildman–Crippen LogP) is 4.18. The van der Waals surface area contributed by atoms with Crippen LogP contribution in [-0.2, 0) is 14.3 Å². The minimum absolute atomic E-state index is 0.0412. The van der Waals surface area contributed by atoms with Crippen LogP contribution in [0.25, 0.3) is 0 Å². The van der Waals surface area contributed by atoms with E-state index in [1.165, 1.54) is 0 Å². The molecule has 0 aromatic carbocycles. The Morgan fingerprint density at radius 1 is 1.14 bits per heavy atom. The lowest BCUT2D eigenvalue weighted by molar-refractivity contribution is -0.160. The number of carboxylic acid groups (broad SMARTS) is 1. The van der Waals surface area contributed by atoms with Crippen LogP contribution in [0.1, 0.15) is 60.3 Å². The van der Waals surface area contributed by atoms with Crippen LogP contribution in [0.2, 0.25) is 0 Å². The van der Waals surface area contributed by atoms with Gasteiger partial charge in [0.05, 0.1) is 12.3 Å². The second-order valence-electron chi connectivity index (χ2n) is 5.58. The van der Waals surface area contributed by atoms with E-state index in [0.29, 0.717) is 6.42 Å². The van der Waals surface area contributed by atoms with Crippen molar-refractivity contribution in [3.05, 3.63) is 0 Å². The van der Waals surface area contributed by atoms with Gasteiger partial charge < -0.3 is 9.84 Å².